The van der Waals surface area contributed by atoms with Crippen molar-refractivity contribution in [3.8, 4) is 6.07 Å². The molecule has 1 N–H and O–H groups in total. The summed E-state index contributed by atoms with van der Waals surface area (Å²) in [4.78, 5) is 2.34. The fourth-order valence-corrected chi connectivity index (χ4v) is 3.48. The highest BCUT2D eigenvalue weighted by atomic mass is 16.3. The molecule has 4 unspecified atom stereocenters. The summed E-state index contributed by atoms with van der Waals surface area (Å²) in [5.41, 5.74) is 1.26. The zero-order valence-electron chi connectivity index (χ0n) is 10.4. The van der Waals surface area contributed by atoms with E-state index < -0.39 is 0 Å². The van der Waals surface area contributed by atoms with Crippen molar-refractivity contribution in [3.63, 3.8) is 0 Å². The number of hydrogen-bond donors (Lipinski definition) is 1. The van der Waals surface area contributed by atoms with Crippen LogP contribution in [0.5, 0.6) is 0 Å². The van der Waals surface area contributed by atoms with Gasteiger partial charge in [-0.1, -0.05) is 30.3 Å². The van der Waals surface area contributed by atoms with Gasteiger partial charge in [-0.3, -0.25) is 4.90 Å². The highest BCUT2D eigenvalue weighted by molar-refractivity contribution is 5.17. The normalized spacial score (nSPS) is 35.3. The Morgan fingerprint density at radius 1 is 1.22 bits per heavy atom. The van der Waals surface area contributed by atoms with Crippen LogP contribution in [0.1, 0.15) is 24.8 Å². The molecule has 0 aliphatic carbocycles. The predicted molar refractivity (Wildman–Crippen MR) is 68.5 cm³/mol. The van der Waals surface area contributed by atoms with Crippen molar-refractivity contribution < 1.29 is 5.11 Å². The fourth-order valence-electron chi connectivity index (χ4n) is 3.48. The van der Waals surface area contributed by atoms with Crippen LogP contribution >= 0.6 is 0 Å². The molecule has 2 heterocycles. The maximum Gasteiger partial charge on any atom is 0.0696 e. The van der Waals surface area contributed by atoms with Crippen molar-refractivity contribution >= 4 is 0 Å². The SMILES string of the molecule is N#CC1CC2C(O)CCC1N2Cc1ccccc1. The maximum absolute atomic E-state index is 10.1. The average Bonchev–Trinajstić information content (AvgIpc) is 2.65. The van der Waals surface area contributed by atoms with Crippen molar-refractivity contribution in [3.05, 3.63) is 35.9 Å². The van der Waals surface area contributed by atoms with E-state index in [0.29, 0.717) is 6.04 Å². The predicted octanol–water partition coefficient (Wildman–Crippen LogP) is 1.92. The lowest BCUT2D eigenvalue weighted by molar-refractivity contribution is 0.00817. The van der Waals surface area contributed by atoms with Gasteiger partial charge >= 0.3 is 0 Å². The van der Waals surface area contributed by atoms with E-state index in [1.54, 1.807) is 0 Å². The molecular weight excluding hydrogens is 224 g/mol. The summed E-state index contributed by atoms with van der Waals surface area (Å²) in [7, 11) is 0. The first-order valence-corrected chi connectivity index (χ1v) is 6.67. The van der Waals surface area contributed by atoms with E-state index in [9.17, 15) is 10.4 Å². The lowest BCUT2D eigenvalue weighted by Gasteiger charge is -2.38. The Morgan fingerprint density at radius 2 is 2.00 bits per heavy atom. The van der Waals surface area contributed by atoms with Gasteiger partial charge in [-0.25, -0.2) is 0 Å². The van der Waals surface area contributed by atoms with Crippen LogP contribution < -0.4 is 0 Å². The molecule has 2 fully saturated rings. The number of piperidine rings is 1. The van der Waals surface area contributed by atoms with Gasteiger partial charge in [0.1, 0.15) is 0 Å². The molecule has 0 radical (unpaired) electrons. The Kier molecular flexibility index (Phi) is 3.07. The molecule has 1 aromatic rings. The minimum Gasteiger partial charge on any atom is -0.391 e. The van der Waals surface area contributed by atoms with Gasteiger partial charge in [-0.05, 0) is 24.8 Å². The highest BCUT2D eigenvalue weighted by Crippen LogP contribution is 2.40. The Morgan fingerprint density at radius 3 is 2.72 bits per heavy atom. The number of benzene rings is 1. The van der Waals surface area contributed by atoms with Crippen molar-refractivity contribution in [2.24, 2.45) is 5.92 Å². The molecule has 0 saturated carbocycles. The van der Waals surface area contributed by atoms with E-state index in [4.69, 9.17) is 0 Å². The van der Waals surface area contributed by atoms with Crippen molar-refractivity contribution in [2.75, 3.05) is 0 Å². The topological polar surface area (TPSA) is 47.3 Å². The van der Waals surface area contributed by atoms with Crippen molar-refractivity contribution in [1.29, 1.82) is 5.26 Å². The third-order valence-electron chi connectivity index (χ3n) is 4.39. The molecule has 2 aliphatic heterocycles. The summed E-state index contributed by atoms with van der Waals surface area (Å²) in [5, 5.41) is 19.3. The van der Waals surface area contributed by atoms with E-state index in [2.05, 4.69) is 23.1 Å². The number of hydrogen-bond acceptors (Lipinski definition) is 3. The van der Waals surface area contributed by atoms with Crippen LogP contribution in [-0.2, 0) is 6.54 Å². The van der Waals surface area contributed by atoms with Gasteiger partial charge < -0.3 is 5.11 Å². The van der Waals surface area contributed by atoms with E-state index >= 15 is 0 Å². The van der Waals surface area contributed by atoms with Gasteiger partial charge in [0.2, 0.25) is 0 Å². The van der Waals surface area contributed by atoms with Crippen LogP contribution in [0, 0.1) is 17.2 Å². The number of aliphatic hydroxyl groups is 1. The molecule has 3 heteroatoms. The average molecular weight is 242 g/mol. The van der Waals surface area contributed by atoms with Crippen LogP contribution in [0.25, 0.3) is 0 Å². The summed E-state index contributed by atoms with van der Waals surface area (Å²) < 4.78 is 0. The molecule has 2 saturated heterocycles. The number of fused-ring (bicyclic) bond motifs is 2. The molecule has 0 spiro atoms. The van der Waals surface area contributed by atoms with Gasteiger partial charge in [0.25, 0.3) is 0 Å². The first kappa shape index (κ1) is 11.7. The molecule has 0 aromatic heterocycles. The number of nitrogens with zero attached hydrogens (tertiary/aromatic N) is 2. The lowest BCUT2D eigenvalue weighted by Crippen LogP contribution is -2.47. The summed E-state index contributed by atoms with van der Waals surface area (Å²) in [6.07, 6.45) is 2.36. The molecule has 2 bridgehead atoms. The zero-order valence-corrected chi connectivity index (χ0v) is 10.4. The Hall–Kier alpha value is -1.37. The summed E-state index contributed by atoms with van der Waals surface area (Å²) >= 11 is 0. The van der Waals surface area contributed by atoms with Crippen LogP contribution in [0.3, 0.4) is 0 Å². The van der Waals surface area contributed by atoms with Gasteiger partial charge in [-0.15, -0.1) is 0 Å². The Bertz CT molecular complexity index is 453. The summed E-state index contributed by atoms with van der Waals surface area (Å²) in [5.74, 6) is 0.0934. The van der Waals surface area contributed by atoms with Crippen LogP contribution in [0.4, 0.5) is 0 Å². The lowest BCUT2D eigenvalue weighted by atomic mass is 9.97. The molecule has 3 rings (SSSR count). The monoisotopic (exact) mass is 242 g/mol. The zero-order chi connectivity index (χ0) is 12.5. The van der Waals surface area contributed by atoms with E-state index in [-0.39, 0.29) is 18.1 Å². The second-order valence-electron chi connectivity index (χ2n) is 5.41. The van der Waals surface area contributed by atoms with E-state index in [1.807, 2.05) is 18.2 Å². The smallest absolute Gasteiger partial charge is 0.0696 e. The molecule has 2 aliphatic rings. The standard InChI is InChI=1S/C15H18N2O/c16-9-12-8-14-15(18)7-6-13(12)17(14)10-11-4-2-1-3-5-11/h1-5,12-15,18H,6-8,10H2. The number of aliphatic hydroxyl groups excluding tert-OH is 1. The summed E-state index contributed by atoms with van der Waals surface area (Å²) in [6.45, 7) is 0.853. The van der Waals surface area contributed by atoms with Crippen molar-refractivity contribution in [2.45, 2.75) is 44.0 Å². The van der Waals surface area contributed by atoms with Crippen LogP contribution in [-0.4, -0.2) is 28.2 Å². The van der Waals surface area contributed by atoms with Gasteiger partial charge in [0.15, 0.2) is 0 Å². The molecule has 94 valence electrons. The van der Waals surface area contributed by atoms with Crippen LogP contribution in [0.2, 0.25) is 0 Å². The first-order valence-electron chi connectivity index (χ1n) is 6.67. The number of rotatable bonds is 2. The van der Waals surface area contributed by atoms with Gasteiger partial charge in [0.05, 0.1) is 18.1 Å². The van der Waals surface area contributed by atoms with E-state index in [1.165, 1.54) is 5.56 Å². The maximum atomic E-state index is 10.1. The largest absolute Gasteiger partial charge is 0.391 e. The molecule has 3 nitrogen and oxygen atoms in total. The van der Waals surface area contributed by atoms with Gasteiger partial charge in [-0.2, -0.15) is 5.26 Å². The molecule has 4 atom stereocenters. The molecule has 1 aromatic carbocycles. The summed E-state index contributed by atoms with van der Waals surface area (Å²) in [6, 6.07) is 13.3. The second kappa shape index (κ2) is 4.72. The second-order valence-corrected chi connectivity index (χ2v) is 5.41. The molecule has 0 amide bonds. The molecular formula is C15H18N2O. The van der Waals surface area contributed by atoms with Crippen LogP contribution in [0.15, 0.2) is 30.3 Å². The Balaban J connectivity index is 1.81. The van der Waals surface area contributed by atoms with Gasteiger partial charge in [0, 0.05) is 18.6 Å². The minimum atomic E-state index is -0.261. The quantitative estimate of drug-likeness (QED) is 0.862. The van der Waals surface area contributed by atoms with Crippen molar-refractivity contribution in [1.82, 2.24) is 4.90 Å². The third kappa shape index (κ3) is 1.92. The minimum absolute atomic E-state index is 0.0934. The first-order chi connectivity index (χ1) is 8.79. The van der Waals surface area contributed by atoms with E-state index in [0.717, 1.165) is 25.8 Å². The fraction of sp³-hybridized carbons (Fsp3) is 0.533. The molecule has 18 heavy (non-hydrogen) atoms. The highest BCUT2D eigenvalue weighted by Gasteiger charge is 2.47. The Labute approximate surface area is 108 Å². The number of nitriles is 1. The third-order valence-corrected chi connectivity index (χ3v) is 4.39.